The molecule has 1 aromatic carbocycles. The topological polar surface area (TPSA) is 44.5 Å². The second-order valence-corrected chi connectivity index (χ2v) is 5.24. The summed E-state index contributed by atoms with van der Waals surface area (Å²) < 4.78 is 10.4. The molecule has 1 aromatic rings. The molecular formula is C16H27NO2. The van der Waals surface area contributed by atoms with Gasteiger partial charge in [0.15, 0.2) is 0 Å². The molecule has 0 spiro atoms. The molecule has 0 bridgehead atoms. The highest BCUT2D eigenvalue weighted by molar-refractivity contribution is 5.37. The van der Waals surface area contributed by atoms with Crippen molar-refractivity contribution < 1.29 is 9.47 Å². The van der Waals surface area contributed by atoms with E-state index in [1.807, 2.05) is 0 Å². The number of nitrogens with two attached hydrogens (primary N) is 1. The first-order valence-electron chi connectivity index (χ1n) is 6.93. The monoisotopic (exact) mass is 265 g/mol. The standard InChI is InChI=1S/C16H27NO2/c1-12-9-13(2)16(14(3)10-12)11-15(17)5-6-19-8-7-18-4/h9-10,15H,5-8,11,17H2,1-4H3. The van der Waals surface area contributed by atoms with E-state index < -0.39 is 0 Å². The van der Waals surface area contributed by atoms with Gasteiger partial charge in [-0.15, -0.1) is 0 Å². The third kappa shape index (κ3) is 5.72. The Balaban J connectivity index is 2.42. The van der Waals surface area contributed by atoms with Gasteiger partial charge in [-0.2, -0.15) is 0 Å². The Bertz CT molecular complexity index is 367. The van der Waals surface area contributed by atoms with Crippen LogP contribution in [-0.2, 0) is 15.9 Å². The molecule has 19 heavy (non-hydrogen) atoms. The van der Waals surface area contributed by atoms with Crippen LogP contribution in [0, 0.1) is 20.8 Å². The summed E-state index contributed by atoms with van der Waals surface area (Å²) in [6.07, 6.45) is 1.81. The molecule has 0 heterocycles. The average Bonchev–Trinajstić information content (AvgIpc) is 2.33. The smallest absolute Gasteiger partial charge is 0.0700 e. The van der Waals surface area contributed by atoms with Gasteiger partial charge in [0.1, 0.15) is 0 Å². The van der Waals surface area contributed by atoms with Crippen LogP contribution >= 0.6 is 0 Å². The Hall–Kier alpha value is -0.900. The van der Waals surface area contributed by atoms with E-state index in [1.165, 1.54) is 22.3 Å². The van der Waals surface area contributed by atoms with E-state index in [4.69, 9.17) is 15.2 Å². The molecule has 1 rings (SSSR count). The summed E-state index contributed by atoms with van der Waals surface area (Å²) in [6, 6.07) is 4.61. The van der Waals surface area contributed by atoms with Crippen LogP contribution in [0.25, 0.3) is 0 Å². The molecule has 108 valence electrons. The van der Waals surface area contributed by atoms with Crippen molar-refractivity contribution in [3.8, 4) is 0 Å². The van der Waals surface area contributed by atoms with Gasteiger partial charge in [0, 0.05) is 19.8 Å². The summed E-state index contributed by atoms with van der Waals surface area (Å²) in [5, 5.41) is 0. The minimum Gasteiger partial charge on any atom is -0.382 e. The van der Waals surface area contributed by atoms with Crippen LogP contribution in [0.1, 0.15) is 28.7 Å². The summed E-state index contributed by atoms with van der Waals surface area (Å²) in [5.41, 5.74) is 11.6. The Morgan fingerprint density at radius 2 is 1.68 bits per heavy atom. The zero-order valence-corrected chi connectivity index (χ0v) is 12.7. The maximum Gasteiger partial charge on any atom is 0.0700 e. The highest BCUT2D eigenvalue weighted by Gasteiger charge is 2.09. The lowest BCUT2D eigenvalue weighted by atomic mass is 9.94. The first kappa shape index (κ1) is 16.2. The minimum absolute atomic E-state index is 0.155. The molecule has 0 aliphatic rings. The Kier molecular flexibility index (Phi) is 7.06. The lowest BCUT2D eigenvalue weighted by Gasteiger charge is -2.16. The fourth-order valence-corrected chi connectivity index (χ4v) is 2.38. The van der Waals surface area contributed by atoms with Crippen LogP contribution < -0.4 is 5.73 Å². The van der Waals surface area contributed by atoms with Gasteiger partial charge in [0.05, 0.1) is 13.2 Å². The maximum atomic E-state index is 6.19. The Morgan fingerprint density at radius 1 is 1.05 bits per heavy atom. The molecule has 0 saturated heterocycles. The second kappa shape index (κ2) is 8.31. The maximum absolute atomic E-state index is 6.19. The highest BCUT2D eigenvalue weighted by atomic mass is 16.5. The van der Waals surface area contributed by atoms with Crippen LogP contribution in [0.5, 0.6) is 0 Å². The number of hydrogen-bond donors (Lipinski definition) is 1. The van der Waals surface area contributed by atoms with E-state index >= 15 is 0 Å². The predicted molar refractivity (Wildman–Crippen MR) is 79.6 cm³/mol. The van der Waals surface area contributed by atoms with Crippen molar-refractivity contribution in [2.45, 2.75) is 39.7 Å². The molecule has 0 radical (unpaired) electrons. The van der Waals surface area contributed by atoms with Gasteiger partial charge in [-0.05, 0) is 50.3 Å². The lowest BCUT2D eigenvalue weighted by molar-refractivity contribution is 0.0672. The van der Waals surface area contributed by atoms with Gasteiger partial charge >= 0.3 is 0 Å². The van der Waals surface area contributed by atoms with E-state index in [0.29, 0.717) is 19.8 Å². The number of aryl methyl sites for hydroxylation is 3. The minimum atomic E-state index is 0.155. The van der Waals surface area contributed by atoms with Gasteiger partial charge in [-0.25, -0.2) is 0 Å². The van der Waals surface area contributed by atoms with Crippen molar-refractivity contribution >= 4 is 0 Å². The van der Waals surface area contributed by atoms with Gasteiger partial charge in [0.25, 0.3) is 0 Å². The zero-order valence-electron chi connectivity index (χ0n) is 12.7. The Labute approximate surface area is 117 Å². The molecule has 0 aliphatic carbocycles. The Morgan fingerprint density at radius 3 is 2.26 bits per heavy atom. The van der Waals surface area contributed by atoms with E-state index in [9.17, 15) is 0 Å². The number of hydrogen-bond acceptors (Lipinski definition) is 3. The quantitative estimate of drug-likeness (QED) is 0.735. The van der Waals surface area contributed by atoms with Crippen molar-refractivity contribution in [1.82, 2.24) is 0 Å². The average molecular weight is 265 g/mol. The molecule has 0 amide bonds. The summed E-state index contributed by atoms with van der Waals surface area (Å²) in [4.78, 5) is 0. The molecule has 1 unspecified atom stereocenters. The van der Waals surface area contributed by atoms with Gasteiger partial charge < -0.3 is 15.2 Å². The molecule has 2 N–H and O–H groups in total. The third-order valence-electron chi connectivity index (χ3n) is 3.37. The number of rotatable bonds is 8. The van der Waals surface area contributed by atoms with Crippen LogP contribution in [0.15, 0.2) is 12.1 Å². The summed E-state index contributed by atoms with van der Waals surface area (Å²) >= 11 is 0. The van der Waals surface area contributed by atoms with Gasteiger partial charge in [0.2, 0.25) is 0 Å². The van der Waals surface area contributed by atoms with Crippen LogP contribution in [0.2, 0.25) is 0 Å². The van der Waals surface area contributed by atoms with Crippen LogP contribution in [0.4, 0.5) is 0 Å². The zero-order chi connectivity index (χ0) is 14.3. The van der Waals surface area contributed by atoms with Crippen LogP contribution in [0.3, 0.4) is 0 Å². The van der Waals surface area contributed by atoms with Gasteiger partial charge in [-0.1, -0.05) is 17.7 Å². The molecule has 3 nitrogen and oxygen atoms in total. The van der Waals surface area contributed by atoms with Crippen molar-refractivity contribution in [1.29, 1.82) is 0 Å². The molecule has 0 aromatic heterocycles. The van der Waals surface area contributed by atoms with Crippen molar-refractivity contribution in [3.05, 3.63) is 34.4 Å². The normalized spacial score (nSPS) is 12.7. The third-order valence-corrected chi connectivity index (χ3v) is 3.37. The molecule has 0 saturated carbocycles. The van der Waals surface area contributed by atoms with Crippen molar-refractivity contribution in [2.24, 2.45) is 5.73 Å². The van der Waals surface area contributed by atoms with Crippen LogP contribution in [-0.4, -0.2) is 33.0 Å². The number of ether oxygens (including phenoxy) is 2. The molecule has 3 heteroatoms. The fourth-order valence-electron chi connectivity index (χ4n) is 2.38. The summed E-state index contributed by atoms with van der Waals surface area (Å²) in [5.74, 6) is 0. The highest BCUT2D eigenvalue weighted by Crippen LogP contribution is 2.18. The number of methoxy groups -OCH3 is 1. The van der Waals surface area contributed by atoms with Crippen molar-refractivity contribution in [2.75, 3.05) is 26.9 Å². The summed E-state index contributed by atoms with van der Waals surface area (Å²) in [7, 11) is 1.68. The molecule has 0 fully saturated rings. The summed E-state index contributed by atoms with van der Waals surface area (Å²) in [6.45, 7) is 8.45. The molecule has 0 aliphatic heterocycles. The lowest BCUT2D eigenvalue weighted by Crippen LogP contribution is -2.25. The number of benzene rings is 1. The first-order chi connectivity index (χ1) is 9.04. The first-order valence-corrected chi connectivity index (χ1v) is 6.93. The van der Waals surface area contributed by atoms with E-state index in [0.717, 1.165) is 12.8 Å². The largest absolute Gasteiger partial charge is 0.382 e. The van der Waals surface area contributed by atoms with Crippen molar-refractivity contribution in [3.63, 3.8) is 0 Å². The van der Waals surface area contributed by atoms with E-state index in [1.54, 1.807) is 7.11 Å². The second-order valence-electron chi connectivity index (χ2n) is 5.24. The molecule has 1 atom stereocenters. The predicted octanol–water partition coefficient (Wildman–Crippen LogP) is 2.53. The molecular weight excluding hydrogens is 238 g/mol. The van der Waals surface area contributed by atoms with E-state index in [-0.39, 0.29) is 6.04 Å². The van der Waals surface area contributed by atoms with E-state index in [2.05, 4.69) is 32.9 Å². The fraction of sp³-hybridized carbons (Fsp3) is 0.625. The SMILES string of the molecule is COCCOCCC(N)Cc1c(C)cc(C)cc1C. The van der Waals surface area contributed by atoms with Gasteiger partial charge in [-0.3, -0.25) is 0 Å².